The number of hydrogen-bond acceptors (Lipinski definition) is 10. The van der Waals surface area contributed by atoms with Crippen LogP contribution in [-0.4, -0.2) is 72.6 Å². The molecule has 60 heavy (non-hydrogen) atoms. The second-order valence-corrected chi connectivity index (χ2v) is 12.8. The summed E-state index contributed by atoms with van der Waals surface area (Å²) in [4.78, 5) is 57.2. The summed E-state index contributed by atoms with van der Waals surface area (Å²) in [7, 11) is 1.34. The maximum absolute atomic E-state index is 12.8. The van der Waals surface area contributed by atoms with Crippen molar-refractivity contribution >= 4 is 35.3 Å². The monoisotopic (exact) mass is 823 g/mol. The first-order valence-corrected chi connectivity index (χ1v) is 18.9. The third kappa shape index (κ3) is 16.6. The Morgan fingerprint density at radius 3 is 1.38 bits per heavy atom. The highest BCUT2D eigenvalue weighted by molar-refractivity contribution is 5.93. The number of unbranched alkanes of at least 4 members (excludes halogenated alkanes) is 2. The highest BCUT2D eigenvalue weighted by Crippen LogP contribution is 2.19. The molecule has 0 aliphatic carbocycles. The number of benzene rings is 4. The van der Waals surface area contributed by atoms with Crippen molar-refractivity contribution < 1.29 is 38.6 Å². The second-order valence-electron chi connectivity index (χ2n) is 12.8. The summed E-state index contributed by atoms with van der Waals surface area (Å²) in [5.74, 6) is 0.0761. The molecule has 0 saturated heterocycles. The molecule has 5 amide bonds. The van der Waals surface area contributed by atoms with Gasteiger partial charge in [-0.15, -0.1) is 0 Å². The van der Waals surface area contributed by atoms with Gasteiger partial charge in [0.2, 0.25) is 0 Å². The average molecular weight is 824 g/mol. The second kappa shape index (κ2) is 26.5. The summed E-state index contributed by atoms with van der Waals surface area (Å²) < 4.78 is 15.2. The Morgan fingerprint density at radius 2 is 1.03 bits per heavy atom. The van der Waals surface area contributed by atoms with Crippen molar-refractivity contribution in [2.45, 2.75) is 52.6 Å². The van der Waals surface area contributed by atoms with Gasteiger partial charge in [-0.3, -0.25) is 10.0 Å². The fourth-order valence-electron chi connectivity index (χ4n) is 5.27. The van der Waals surface area contributed by atoms with Crippen molar-refractivity contribution in [3.05, 3.63) is 140 Å². The minimum absolute atomic E-state index is 0.0955. The number of azide groups is 2. The number of methoxy groups -OCH3 is 1. The molecule has 19 heteroatoms. The van der Waals surface area contributed by atoms with Crippen molar-refractivity contribution in [1.82, 2.24) is 15.3 Å². The lowest BCUT2D eigenvalue weighted by Gasteiger charge is -2.23. The zero-order chi connectivity index (χ0) is 43.5. The third-order valence-electron chi connectivity index (χ3n) is 8.49. The number of nitrogens with one attached hydrogen (secondary N) is 3. The van der Waals surface area contributed by atoms with Crippen LogP contribution in [-0.2, 0) is 17.8 Å². The van der Waals surface area contributed by atoms with E-state index in [1.807, 2.05) is 19.1 Å². The van der Waals surface area contributed by atoms with Gasteiger partial charge < -0.3 is 34.6 Å². The minimum atomic E-state index is -0.589. The molecule has 316 valence electrons. The molecule has 0 spiro atoms. The lowest BCUT2D eigenvalue weighted by molar-refractivity contribution is 0.0600. The predicted octanol–water partition coefficient (Wildman–Crippen LogP) is 9.24. The molecule has 19 nitrogen and oxygen atoms in total. The lowest BCUT2D eigenvalue weighted by atomic mass is 10.1. The number of nitrogens with zero attached hydrogens (tertiary/aromatic N) is 8. The normalized spacial score (nSPS) is 9.93. The first-order chi connectivity index (χ1) is 29.1. The van der Waals surface area contributed by atoms with Crippen LogP contribution >= 0.6 is 0 Å². The van der Waals surface area contributed by atoms with Gasteiger partial charge in [0.1, 0.15) is 11.5 Å². The molecule has 0 radical (unpaired) electrons. The van der Waals surface area contributed by atoms with Gasteiger partial charge in [0.05, 0.1) is 12.7 Å². The number of esters is 1. The van der Waals surface area contributed by atoms with Crippen molar-refractivity contribution in [1.29, 1.82) is 0 Å². The summed E-state index contributed by atoms with van der Waals surface area (Å²) in [6, 6.07) is 26.7. The molecular formula is C41H49N11O8. The molecule has 0 saturated carbocycles. The number of carbonyl (C=O) groups is 4. The standard InChI is InChI=1S/C21H25N5O4.C20H24N6O4/c1-3-4-13-26(14-16-5-7-17(8-6-16)20(27)29-2)21(28)24-18-9-11-19(12-10-18)30-15-23-25-22;1-2-3-12-26(13-15-4-6-16(7-5-15)19(27)24-29)20(28)23-17-8-10-18(11-9-17)30-14-22-25-21/h5-12H,3-4,13-15H2,1-2H3,(H,24,28);4-11,29H,2-3,12-14H2,1H3,(H,23,28)(H,24,27). The summed E-state index contributed by atoms with van der Waals surface area (Å²) in [5, 5.41) is 21.0. The van der Waals surface area contributed by atoms with Gasteiger partial charge >= 0.3 is 18.0 Å². The van der Waals surface area contributed by atoms with Crippen molar-refractivity contribution in [2.75, 3.05) is 44.3 Å². The number of hydrogen-bond donors (Lipinski definition) is 4. The molecule has 4 aromatic carbocycles. The smallest absolute Gasteiger partial charge is 0.337 e. The highest BCUT2D eigenvalue weighted by atomic mass is 16.5. The van der Waals surface area contributed by atoms with E-state index in [1.54, 1.807) is 100 Å². The molecule has 0 aliphatic heterocycles. The number of carbonyl (C=O) groups excluding carboxylic acids is 4. The number of anilines is 2. The summed E-state index contributed by atoms with van der Waals surface area (Å²) in [5.41, 5.74) is 21.9. The number of urea groups is 2. The Bertz CT molecular complexity index is 1910. The van der Waals surface area contributed by atoms with Gasteiger partial charge in [-0.2, -0.15) is 0 Å². The molecule has 0 aromatic heterocycles. The third-order valence-corrected chi connectivity index (χ3v) is 8.49. The largest absolute Gasteiger partial charge is 0.488 e. The SMILES string of the molecule is CCCCN(Cc1ccc(C(=O)NO)cc1)C(=O)Nc1ccc(OCN=[N+]=[N-])cc1.CCCCN(Cc1ccc(C(=O)OC)cc1)C(=O)Nc1ccc(OCN=[N+]=[N-])cc1. The van der Waals surface area contributed by atoms with Crippen LogP contribution in [0, 0.1) is 0 Å². The van der Waals surface area contributed by atoms with Crippen LogP contribution in [0.15, 0.2) is 107 Å². The van der Waals surface area contributed by atoms with Crippen LogP contribution in [0.2, 0.25) is 0 Å². The van der Waals surface area contributed by atoms with Gasteiger partial charge in [-0.1, -0.05) is 61.2 Å². The van der Waals surface area contributed by atoms with E-state index in [2.05, 4.69) is 37.6 Å². The van der Waals surface area contributed by atoms with Gasteiger partial charge in [0.25, 0.3) is 5.91 Å². The Labute approximate surface area is 347 Å². The van der Waals surface area contributed by atoms with Crippen molar-refractivity contribution in [2.24, 2.45) is 10.2 Å². The van der Waals surface area contributed by atoms with Gasteiger partial charge in [0, 0.05) is 52.9 Å². The molecule has 0 unspecified atom stereocenters. The molecular weight excluding hydrogens is 775 g/mol. The highest BCUT2D eigenvalue weighted by Gasteiger charge is 2.16. The number of ether oxygens (including phenoxy) is 3. The molecule has 4 N–H and O–H groups in total. The van der Waals surface area contributed by atoms with Crippen LogP contribution in [0.3, 0.4) is 0 Å². The zero-order valence-electron chi connectivity index (χ0n) is 33.7. The molecule has 0 atom stereocenters. The van der Waals surface area contributed by atoms with E-state index in [0.29, 0.717) is 60.2 Å². The van der Waals surface area contributed by atoms with E-state index in [9.17, 15) is 19.2 Å². The number of hydroxylamine groups is 1. The molecule has 4 rings (SSSR count). The van der Waals surface area contributed by atoms with Crippen LogP contribution in [0.4, 0.5) is 21.0 Å². The van der Waals surface area contributed by atoms with E-state index in [-0.39, 0.29) is 25.5 Å². The maximum Gasteiger partial charge on any atom is 0.337 e. The van der Waals surface area contributed by atoms with Crippen LogP contribution < -0.4 is 25.6 Å². The van der Waals surface area contributed by atoms with Crippen molar-refractivity contribution in [3.8, 4) is 11.5 Å². The van der Waals surface area contributed by atoms with E-state index in [1.165, 1.54) is 7.11 Å². The quantitative estimate of drug-likeness (QED) is 0.0166. The fourth-order valence-corrected chi connectivity index (χ4v) is 5.27. The van der Waals surface area contributed by atoms with Gasteiger partial charge in [-0.05, 0) is 108 Å². The maximum atomic E-state index is 12.8. The summed E-state index contributed by atoms with van der Waals surface area (Å²) >= 11 is 0. The number of amides is 5. The molecule has 0 heterocycles. The topological polar surface area (TPSA) is 256 Å². The first kappa shape index (κ1) is 46.9. The average Bonchev–Trinajstić information content (AvgIpc) is 3.27. The van der Waals surface area contributed by atoms with Crippen LogP contribution in [0.25, 0.3) is 20.9 Å². The fraction of sp³-hybridized carbons (Fsp3) is 0.317. The van der Waals surface area contributed by atoms with E-state index >= 15 is 0 Å². The minimum Gasteiger partial charge on any atom is -0.488 e. The number of rotatable bonds is 20. The van der Waals surface area contributed by atoms with Gasteiger partial charge in [0.15, 0.2) is 13.5 Å². The Kier molecular flexibility index (Phi) is 20.7. The first-order valence-electron chi connectivity index (χ1n) is 18.9. The van der Waals surface area contributed by atoms with Crippen molar-refractivity contribution in [3.63, 3.8) is 0 Å². The Morgan fingerprint density at radius 1 is 0.633 bits per heavy atom. The summed E-state index contributed by atoms with van der Waals surface area (Å²) in [6.07, 6.45) is 3.63. The van der Waals surface area contributed by atoms with Gasteiger partial charge in [-0.25, -0.2) is 19.9 Å². The Hall–Kier alpha value is -7.46. The van der Waals surface area contributed by atoms with E-state index in [0.717, 1.165) is 36.8 Å². The molecule has 0 aliphatic rings. The van der Waals surface area contributed by atoms with E-state index < -0.39 is 11.9 Å². The summed E-state index contributed by atoms with van der Waals surface area (Å²) in [6.45, 7) is 5.89. The predicted molar refractivity (Wildman–Crippen MR) is 224 cm³/mol. The Balaban J connectivity index is 0.000000320. The molecule has 4 aromatic rings. The zero-order valence-corrected chi connectivity index (χ0v) is 33.7. The lowest BCUT2D eigenvalue weighted by Crippen LogP contribution is -2.35. The van der Waals surface area contributed by atoms with Crippen LogP contribution in [0.5, 0.6) is 11.5 Å². The molecule has 0 fully saturated rings. The van der Waals surface area contributed by atoms with Crippen LogP contribution in [0.1, 0.15) is 71.4 Å². The molecule has 0 bridgehead atoms. The van der Waals surface area contributed by atoms with E-state index in [4.69, 9.17) is 30.5 Å².